The molecule has 0 radical (unpaired) electrons. The summed E-state index contributed by atoms with van der Waals surface area (Å²) >= 11 is 0. The van der Waals surface area contributed by atoms with Crippen LogP contribution in [0.15, 0.2) is 36.4 Å². The van der Waals surface area contributed by atoms with Crippen LogP contribution in [0.4, 0.5) is 11.4 Å². The maximum Gasteiger partial charge on any atom is 0.331 e. The first-order chi connectivity index (χ1) is 11.4. The highest BCUT2D eigenvalue weighted by molar-refractivity contribution is 5.97. The highest BCUT2D eigenvalue weighted by Gasteiger charge is 2.25. The Kier molecular flexibility index (Phi) is 4.12. The summed E-state index contributed by atoms with van der Waals surface area (Å²) in [5, 5.41) is 12.5. The first-order valence-electron chi connectivity index (χ1n) is 7.58. The van der Waals surface area contributed by atoms with Gasteiger partial charge in [0.05, 0.1) is 17.9 Å². The number of ether oxygens (including phenoxy) is 1. The normalized spacial score (nSPS) is 13.2. The molecule has 124 valence electrons. The van der Waals surface area contributed by atoms with Gasteiger partial charge in [-0.1, -0.05) is 12.1 Å². The number of aryl methyl sites for hydroxylation is 2. The average Bonchev–Trinajstić information content (AvgIpc) is 2.51. The average molecular weight is 326 g/mol. The van der Waals surface area contributed by atoms with Gasteiger partial charge in [-0.25, -0.2) is 4.79 Å². The molecule has 0 atom stereocenters. The molecule has 0 saturated carbocycles. The number of nitrogens with zero attached hydrogens (tertiary/aromatic N) is 1. The van der Waals surface area contributed by atoms with E-state index in [2.05, 4.69) is 5.32 Å². The summed E-state index contributed by atoms with van der Waals surface area (Å²) in [6.45, 7) is 3.79. The van der Waals surface area contributed by atoms with Gasteiger partial charge in [0.25, 0.3) is 0 Å². The topological polar surface area (TPSA) is 78.9 Å². The Morgan fingerprint density at radius 2 is 1.92 bits per heavy atom. The first-order valence-corrected chi connectivity index (χ1v) is 7.58. The van der Waals surface area contributed by atoms with Gasteiger partial charge in [0.1, 0.15) is 12.3 Å². The molecule has 1 heterocycles. The van der Waals surface area contributed by atoms with Crippen LogP contribution in [0.2, 0.25) is 0 Å². The van der Waals surface area contributed by atoms with E-state index < -0.39 is 5.97 Å². The fourth-order valence-electron chi connectivity index (χ4n) is 2.61. The molecule has 2 aromatic rings. The minimum Gasteiger partial charge on any atom is -0.506 e. The van der Waals surface area contributed by atoms with Crippen molar-refractivity contribution in [2.24, 2.45) is 0 Å². The predicted molar refractivity (Wildman–Crippen MR) is 90.5 cm³/mol. The Morgan fingerprint density at radius 1 is 1.21 bits per heavy atom. The lowest BCUT2D eigenvalue weighted by molar-refractivity contribution is -0.133. The van der Waals surface area contributed by atoms with E-state index in [1.807, 2.05) is 26.0 Å². The van der Waals surface area contributed by atoms with Crippen molar-refractivity contribution >= 4 is 23.3 Å². The Labute approximate surface area is 139 Å². The molecule has 24 heavy (non-hydrogen) atoms. The zero-order valence-electron chi connectivity index (χ0n) is 13.5. The van der Waals surface area contributed by atoms with Crippen LogP contribution in [-0.2, 0) is 9.59 Å². The number of phenols is 1. The molecular formula is C18H18N2O4. The van der Waals surface area contributed by atoms with Gasteiger partial charge in [0, 0.05) is 0 Å². The van der Waals surface area contributed by atoms with Gasteiger partial charge >= 0.3 is 5.97 Å². The molecule has 6 heteroatoms. The number of carbonyl (C=O) groups excluding carboxylic acids is 2. The third kappa shape index (κ3) is 3.32. The monoisotopic (exact) mass is 326 g/mol. The maximum atomic E-state index is 12.3. The van der Waals surface area contributed by atoms with Gasteiger partial charge in [0.2, 0.25) is 5.91 Å². The Bertz CT molecular complexity index is 817. The van der Waals surface area contributed by atoms with Gasteiger partial charge in [0.15, 0.2) is 5.75 Å². The number of amides is 1. The lowest BCUT2D eigenvalue weighted by Crippen LogP contribution is -2.41. The Hall–Kier alpha value is -3.02. The Balaban J connectivity index is 1.78. The molecule has 0 spiro atoms. The molecule has 0 unspecified atom stereocenters. The third-order valence-corrected chi connectivity index (χ3v) is 3.76. The number of phenolic OH excluding ortho intramolecular Hbond substituents is 1. The molecule has 1 amide bonds. The highest BCUT2D eigenvalue weighted by Crippen LogP contribution is 2.32. The molecule has 0 saturated heterocycles. The van der Waals surface area contributed by atoms with E-state index in [9.17, 15) is 14.7 Å². The second kappa shape index (κ2) is 6.23. The minimum atomic E-state index is -0.405. The van der Waals surface area contributed by atoms with Crippen molar-refractivity contribution < 1.29 is 19.4 Å². The summed E-state index contributed by atoms with van der Waals surface area (Å²) in [4.78, 5) is 25.7. The zero-order valence-corrected chi connectivity index (χ0v) is 13.5. The van der Waals surface area contributed by atoms with E-state index in [-0.39, 0.29) is 24.7 Å². The smallest absolute Gasteiger partial charge is 0.331 e. The Morgan fingerprint density at radius 3 is 2.71 bits per heavy atom. The molecular weight excluding hydrogens is 308 g/mol. The first kappa shape index (κ1) is 15.9. The van der Waals surface area contributed by atoms with E-state index in [0.717, 1.165) is 11.1 Å². The van der Waals surface area contributed by atoms with Crippen molar-refractivity contribution in [1.82, 2.24) is 0 Å². The van der Waals surface area contributed by atoms with Crippen LogP contribution in [0, 0.1) is 13.8 Å². The second-order valence-electron chi connectivity index (χ2n) is 5.87. The van der Waals surface area contributed by atoms with Crippen LogP contribution in [0.25, 0.3) is 0 Å². The van der Waals surface area contributed by atoms with Gasteiger partial charge in [-0.05, 0) is 49.2 Å². The summed E-state index contributed by atoms with van der Waals surface area (Å²) < 4.78 is 5.20. The van der Waals surface area contributed by atoms with Crippen molar-refractivity contribution in [3.63, 3.8) is 0 Å². The lowest BCUT2D eigenvalue weighted by Gasteiger charge is -2.29. The molecule has 3 rings (SSSR count). The van der Waals surface area contributed by atoms with Crippen molar-refractivity contribution in [2.45, 2.75) is 13.8 Å². The summed E-state index contributed by atoms with van der Waals surface area (Å²) in [5.41, 5.74) is 2.99. The van der Waals surface area contributed by atoms with Gasteiger partial charge in [-0.2, -0.15) is 0 Å². The number of esters is 1. The van der Waals surface area contributed by atoms with Gasteiger partial charge in [-0.3, -0.25) is 4.79 Å². The minimum absolute atomic E-state index is 0.00301. The molecule has 0 bridgehead atoms. The van der Waals surface area contributed by atoms with Crippen LogP contribution in [0.1, 0.15) is 11.1 Å². The van der Waals surface area contributed by atoms with Crippen molar-refractivity contribution in [3.05, 3.63) is 47.5 Å². The third-order valence-electron chi connectivity index (χ3n) is 3.76. The van der Waals surface area contributed by atoms with E-state index >= 15 is 0 Å². The summed E-state index contributed by atoms with van der Waals surface area (Å²) in [6.07, 6.45) is 0. The summed E-state index contributed by atoms with van der Waals surface area (Å²) in [7, 11) is 0. The van der Waals surface area contributed by atoms with Crippen LogP contribution < -0.4 is 15.0 Å². The molecule has 0 aromatic heterocycles. The molecule has 1 aliphatic rings. The van der Waals surface area contributed by atoms with Crippen LogP contribution in [0.5, 0.6) is 11.5 Å². The number of fused-ring (bicyclic) bond motifs is 1. The lowest BCUT2D eigenvalue weighted by atomic mass is 10.1. The van der Waals surface area contributed by atoms with E-state index in [1.54, 1.807) is 23.1 Å². The van der Waals surface area contributed by atoms with Crippen LogP contribution in [0.3, 0.4) is 0 Å². The largest absolute Gasteiger partial charge is 0.506 e. The van der Waals surface area contributed by atoms with Crippen molar-refractivity contribution in [1.29, 1.82) is 0 Å². The van der Waals surface area contributed by atoms with Crippen LogP contribution >= 0.6 is 0 Å². The van der Waals surface area contributed by atoms with Crippen molar-refractivity contribution in [3.8, 4) is 11.5 Å². The standard InChI is InChI=1S/C18H18N2O4/c1-11-3-5-15(21)13(7-11)19-17(22)9-20-10-18(23)24-16-6-4-12(2)8-14(16)20/h3-8,21H,9-10H2,1-2H3,(H,19,22). The number of nitrogens with one attached hydrogen (secondary N) is 1. The zero-order chi connectivity index (χ0) is 17.3. The number of hydrogen-bond donors (Lipinski definition) is 2. The fourth-order valence-corrected chi connectivity index (χ4v) is 2.61. The van der Waals surface area contributed by atoms with Crippen molar-refractivity contribution in [2.75, 3.05) is 23.3 Å². The molecule has 0 aliphatic carbocycles. The summed E-state index contributed by atoms with van der Waals surface area (Å²) in [6, 6.07) is 10.4. The fraction of sp³-hybridized carbons (Fsp3) is 0.222. The number of rotatable bonds is 3. The number of anilines is 2. The van der Waals surface area contributed by atoms with Gasteiger partial charge < -0.3 is 20.1 Å². The van der Waals surface area contributed by atoms with E-state index in [0.29, 0.717) is 17.1 Å². The maximum absolute atomic E-state index is 12.3. The van der Waals surface area contributed by atoms with E-state index in [4.69, 9.17) is 4.74 Å². The highest BCUT2D eigenvalue weighted by atomic mass is 16.5. The van der Waals surface area contributed by atoms with E-state index in [1.165, 1.54) is 6.07 Å². The molecule has 1 aliphatic heterocycles. The SMILES string of the molecule is Cc1ccc(O)c(NC(=O)CN2CC(=O)Oc3ccc(C)cc32)c1. The number of aromatic hydroxyl groups is 1. The quantitative estimate of drug-likeness (QED) is 0.514. The van der Waals surface area contributed by atoms with Gasteiger partial charge in [-0.15, -0.1) is 0 Å². The number of benzene rings is 2. The molecule has 2 aromatic carbocycles. The molecule has 6 nitrogen and oxygen atoms in total. The number of hydrogen-bond acceptors (Lipinski definition) is 5. The molecule has 2 N–H and O–H groups in total. The number of carbonyl (C=O) groups is 2. The second-order valence-corrected chi connectivity index (χ2v) is 5.87. The molecule has 0 fully saturated rings. The predicted octanol–water partition coefficient (Wildman–Crippen LogP) is 2.37. The summed E-state index contributed by atoms with van der Waals surface area (Å²) in [5.74, 6) is -0.276. The van der Waals surface area contributed by atoms with Crippen LogP contribution in [-0.4, -0.2) is 30.1 Å².